The molecule has 0 radical (unpaired) electrons. The summed E-state index contributed by atoms with van der Waals surface area (Å²) < 4.78 is 1.96. The summed E-state index contributed by atoms with van der Waals surface area (Å²) in [6, 6.07) is 5.69. The van der Waals surface area contributed by atoms with Gasteiger partial charge in [-0.2, -0.15) is 0 Å². The third-order valence-corrected chi connectivity index (χ3v) is 2.76. The van der Waals surface area contributed by atoms with Gasteiger partial charge in [0.1, 0.15) is 5.65 Å². The molecule has 1 fully saturated rings. The number of nitrogens with zero attached hydrogens (tertiary/aromatic N) is 2. The molecule has 2 heterocycles. The highest BCUT2D eigenvalue weighted by molar-refractivity contribution is 5.83. The third kappa shape index (κ3) is 1.41. The Labute approximate surface area is 91.7 Å². The second-order valence-corrected chi connectivity index (χ2v) is 3.98. The van der Waals surface area contributed by atoms with Gasteiger partial charge in [0, 0.05) is 12.1 Å². The Hall–Kier alpha value is -2.04. The van der Waals surface area contributed by atoms with Gasteiger partial charge in [0.25, 0.3) is 0 Å². The predicted octanol–water partition coefficient (Wildman–Crippen LogP) is 2.30. The molecule has 0 aromatic carbocycles. The van der Waals surface area contributed by atoms with Crippen LogP contribution in [0.25, 0.3) is 5.65 Å². The van der Waals surface area contributed by atoms with Crippen molar-refractivity contribution >= 4 is 17.6 Å². The van der Waals surface area contributed by atoms with Crippen LogP contribution >= 0.6 is 0 Å². The highest BCUT2D eigenvalue weighted by Gasteiger charge is 2.30. The van der Waals surface area contributed by atoms with Crippen molar-refractivity contribution in [3.63, 3.8) is 0 Å². The lowest BCUT2D eigenvalue weighted by atomic mass is 10.3. The minimum absolute atomic E-state index is 0.444. The summed E-state index contributed by atoms with van der Waals surface area (Å²) in [6.45, 7) is 0. The van der Waals surface area contributed by atoms with Crippen molar-refractivity contribution in [1.29, 1.82) is 0 Å². The summed E-state index contributed by atoms with van der Waals surface area (Å²) >= 11 is 0. The number of nitrogens with one attached hydrogen (secondary N) is 1. The van der Waals surface area contributed by atoms with Crippen LogP contribution in [-0.4, -0.2) is 20.6 Å². The van der Waals surface area contributed by atoms with E-state index in [0.717, 1.165) is 24.2 Å². The van der Waals surface area contributed by atoms with Gasteiger partial charge >= 0.3 is 6.09 Å². The number of hydrogen-bond donors (Lipinski definition) is 2. The average Bonchev–Trinajstić information content (AvgIpc) is 3.00. The van der Waals surface area contributed by atoms with Crippen LogP contribution in [0.15, 0.2) is 24.4 Å². The van der Waals surface area contributed by atoms with Gasteiger partial charge in [0.15, 0.2) is 5.82 Å². The molecule has 1 aliphatic rings. The number of carbonyl (C=O) groups is 1. The lowest BCUT2D eigenvalue weighted by molar-refractivity contribution is 0.209. The smallest absolute Gasteiger partial charge is 0.410 e. The molecule has 16 heavy (non-hydrogen) atoms. The number of pyridine rings is 1. The van der Waals surface area contributed by atoms with E-state index < -0.39 is 6.09 Å². The molecule has 0 saturated heterocycles. The quantitative estimate of drug-likeness (QED) is 0.811. The van der Waals surface area contributed by atoms with Gasteiger partial charge in [-0.3, -0.25) is 5.32 Å². The minimum atomic E-state index is -1.06. The number of hydrogen-bond acceptors (Lipinski definition) is 2. The van der Waals surface area contributed by atoms with Crippen molar-refractivity contribution in [3.8, 4) is 0 Å². The highest BCUT2D eigenvalue weighted by Crippen LogP contribution is 2.43. The molecule has 1 aliphatic carbocycles. The molecule has 0 atom stereocenters. The molecule has 0 unspecified atom stereocenters. The first-order chi connectivity index (χ1) is 7.75. The van der Waals surface area contributed by atoms with Crippen LogP contribution in [0.3, 0.4) is 0 Å². The first-order valence-corrected chi connectivity index (χ1v) is 5.22. The van der Waals surface area contributed by atoms with Gasteiger partial charge < -0.3 is 9.51 Å². The van der Waals surface area contributed by atoms with E-state index in [0.29, 0.717) is 11.7 Å². The first-order valence-electron chi connectivity index (χ1n) is 5.22. The van der Waals surface area contributed by atoms with Gasteiger partial charge in [-0.15, -0.1) is 0 Å². The topological polar surface area (TPSA) is 66.6 Å². The van der Waals surface area contributed by atoms with Crippen LogP contribution in [-0.2, 0) is 0 Å². The van der Waals surface area contributed by atoms with E-state index in [1.807, 2.05) is 28.8 Å². The summed E-state index contributed by atoms with van der Waals surface area (Å²) in [5.41, 5.74) is 1.77. The van der Waals surface area contributed by atoms with E-state index in [1.165, 1.54) is 0 Å². The summed E-state index contributed by atoms with van der Waals surface area (Å²) in [4.78, 5) is 15.0. The molecule has 2 aromatic heterocycles. The Balaban J connectivity index is 2.18. The summed E-state index contributed by atoms with van der Waals surface area (Å²) in [6.07, 6.45) is 3.07. The third-order valence-electron chi connectivity index (χ3n) is 2.76. The second kappa shape index (κ2) is 3.23. The van der Waals surface area contributed by atoms with Crippen molar-refractivity contribution in [1.82, 2.24) is 9.38 Å². The molecular weight excluding hydrogens is 206 g/mol. The number of fused-ring (bicyclic) bond motifs is 1. The fourth-order valence-electron chi connectivity index (χ4n) is 1.95. The maximum atomic E-state index is 10.7. The lowest BCUT2D eigenvalue weighted by Gasteiger charge is -2.01. The highest BCUT2D eigenvalue weighted by atomic mass is 16.4. The van der Waals surface area contributed by atoms with Gasteiger partial charge in [0.2, 0.25) is 0 Å². The molecule has 1 amide bonds. The second-order valence-electron chi connectivity index (χ2n) is 3.98. The van der Waals surface area contributed by atoms with Crippen LogP contribution < -0.4 is 5.32 Å². The lowest BCUT2D eigenvalue weighted by Crippen LogP contribution is -2.09. The van der Waals surface area contributed by atoms with Crippen LogP contribution in [0.4, 0.5) is 10.6 Å². The number of anilines is 1. The van der Waals surface area contributed by atoms with E-state index in [9.17, 15) is 4.79 Å². The molecule has 2 N–H and O–H groups in total. The van der Waals surface area contributed by atoms with Gasteiger partial charge in [-0.1, -0.05) is 6.07 Å². The molecule has 5 heteroatoms. The normalized spacial score (nSPS) is 15.2. The molecule has 0 spiro atoms. The zero-order valence-corrected chi connectivity index (χ0v) is 8.55. The largest absolute Gasteiger partial charge is 0.465 e. The molecule has 0 aliphatic heterocycles. The molecule has 3 rings (SSSR count). The standard InChI is InChI=1S/C11H11N3O2/c15-11(16)13-10-9(7-4-5-7)14-6-2-1-3-8(14)12-10/h1-3,6-7,13H,4-5H2,(H,15,16). The van der Waals surface area contributed by atoms with E-state index in [-0.39, 0.29) is 0 Å². The number of imidazole rings is 1. The Morgan fingerprint density at radius 3 is 3.00 bits per heavy atom. The van der Waals surface area contributed by atoms with Gasteiger partial charge in [-0.25, -0.2) is 9.78 Å². The van der Waals surface area contributed by atoms with Crippen LogP contribution in [0.2, 0.25) is 0 Å². The summed E-state index contributed by atoms with van der Waals surface area (Å²) in [5.74, 6) is 0.917. The fourth-order valence-corrected chi connectivity index (χ4v) is 1.95. The van der Waals surface area contributed by atoms with Crippen molar-refractivity contribution in [2.45, 2.75) is 18.8 Å². The Morgan fingerprint density at radius 1 is 1.50 bits per heavy atom. The zero-order valence-electron chi connectivity index (χ0n) is 8.55. The summed E-state index contributed by atoms with van der Waals surface area (Å²) in [7, 11) is 0. The van der Waals surface area contributed by atoms with Crippen molar-refractivity contribution in [2.24, 2.45) is 0 Å². The average molecular weight is 217 g/mol. The number of amides is 1. The van der Waals surface area contributed by atoms with Crippen LogP contribution in [0.5, 0.6) is 0 Å². The monoisotopic (exact) mass is 217 g/mol. The first kappa shape index (κ1) is 9.21. The Kier molecular flexibility index (Phi) is 1.86. The number of carboxylic acid groups (broad SMARTS) is 1. The molecule has 5 nitrogen and oxygen atoms in total. The summed E-state index contributed by atoms with van der Waals surface area (Å²) in [5, 5.41) is 11.1. The van der Waals surface area contributed by atoms with E-state index in [4.69, 9.17) is 5.11 Å². The molecule has 0 bridgehead atoms. The molecule has 1 saturated carbocycles. The minimum Gasteiger partial charge on any atom is -0.465 e. The number of aromatic nitrogens is 2. The van der Waals surface area contributed by atoms with E-state index in [1.54, 1.807) is 0 Å². The number of rotatable bonds is 2. The fraction of sp³-hybridized carbons (Fsp3) is 0.273. The molecule has 2 aromatic rings. The van der Waals surface area contributed by atoms with Gasteiger partial charge in [-0.05, 0) is 25.0 Å². The van der Waals surface area contributed by atoms with E-state index >= 15 is 0 Å². The zero-order chi connectivity index (χ0) is 11.1. The predicted molar refractivity (Wildman–Crippen MR) is 58.8 cm³/mol. The van der Waals surface area contributed by atoms with Crippen LogP contribution in [0.1, 0.15) is 24.5 Å². The maximum Gasteiger partial charge on any atom is 0.410 e. The van der Waals surface area contributed by atoms with Crippen molar-refractivity contribution < 1.29 is 9.90 Å². The van der Waals surface area contributed by atoms with Crippen LogP contribution in [0, 0.1) is 0 Å². The Bertz CT molecular complexity index is 557. The molecular formula is C11H11N3O2. The SMILES string of the molecule is O=C(O)Nc1nc2ccccn2c1C1CC1. The maximum absolute atomic E-state index is 10.7. The van der Waals surface area contributed by atoms with Crippen molar-refractivity contribution in [3.05, 3.63) is 30.1 Å². The molecule has 82 valence electrons. The Morgan fingerprint density at radius 2 is 2.31 bits per heavy atom. The van der Waals surface area contributed by atoms with Crippen molar-refractivity contribution in [2.75, 3.05) is 5.32 Å². The van der Waals surface area contributed by atoms with Gasteiger partial charge in [0.05, 0.1) is 5.69 Å². The van der Waals surface area contributed by atoms with E-state index in [2.05, 4.69) is 10.3 Å².